The van der Waals surface area contributed by atoms with E-state index in [1.165, 1.54) is 0 Å². The van der Waals surface area contributed by atoms with E-state index in [9.17, 15) is 9.59 Å². The summed E-state index contributed by atoms with van der Waals surface area (Å²) < 4.78 is 10.5. The fourth-order valence-corrected chi connectivity index (χ4v) is 2.55. The first-order valence-electron chi connectivity index (χ1n) is 8.88. The van der Waals surface area contributed by atoms with Crippen molar-refractivity contribution in [2.45, 2.75) is 26.9 Å². The minimum atomic E-state index is -0.278. The van der Waals surface area contributed by atoms with Gasteiger partial charge in [0.05, 0.1) is 13.0 Å². The summed E-state index contributed by atoms with van der Waals surface area (Å²) in [5.41, 5.74) is 0.981. The van der Waals surface area contributed by atoms with Crippen molar-refractivity contribution in [3.63, 3.8) is 0 Å². The lowest BCUT2D eigenvalue weighted by Crippen LogP contribution is -2.49. The van der Waals surface area contributed by atoms with Crippen molar-refractivity contribution in [1.82, 2.24) is 9.80 Å². The Kier molecular flexibility index (Phi) is 7.73. The van der Waals surface area contributed by atoms with Crippen LogP contribution in [0.1, 0.15) is 25.8 Å². The molecule has 1 aromatic carbocycles. The standard InChI is InChI=1S/C19H28N2O4/c1-16(2)14-24-18(22)8-9-20-10-12-21(13-11-20)19(23)25-15-17-6-4-3-5-7-17/h3-7,16H,8-15H2,1-2H3. The number of hydrogen-bond acceptors (Lipinski definition) is 5. The highest BCUT2D eigenvalue weighted by molar-refractivity contribution is 5.69. The van der Waals surface area contributed by atoms with Gasteiger partial charge in [-0.25, -0.2) is 4.79 Å². The maximum absolute atomic E-state index is 12.1. The molecule has 0 aromatic heterocycles. The van der Waals surface area contributed by atoms with Crippen LogP contribution < -0.4 is 0 Å². The van der Waals surface area contributed by atoms with Gasteiger partial charge in [0.2, 0.25) is 0 Å². The number of ether oxygens (including phenoxy) is 2. The highest BCUT2D eigenvalue weighted by atomic mass is 16.6. The van der Waals surface area contributed by atoms with E-state index in [1.807, 2.05) is 44.2 Å². The zero-order chi connectivity index (χ0) is 18.1. The van der Waals surface area contributed by atoms with Gasteiger partial charge in [-0.15, -0.1) is 0 Å². The van der Waals surface area contributed by atoms with Gasteiger partial charge in [-0.1, -0.05) is 44.2 Å². The summed E-state index contributed by atoms with van der Waals surface area (Å²) >= 11 is 0. The highest BCUT2D eigenvalue weighted by Gasteiger charge is 2.22. The van der Waals surface area contributed by atoms with E-state index in [2.05, 4.69) is 4.90 Å². The molecule has 25 heavy (non-hydrogen) atoms. The van der Waals surface area contributed by atoms with Crippen LogP contribution in [0.15, 0.2) is 30.3 Å². The average molecular weight is 348 g/mol. The van der Waals surface area contributed by atoms with E-state index < -0.39 is 0 Å². The second-order valence-electron chi connectivity index (χ2n) is 6.70. The normalized spacial score (nSPS) is 15.2. The molecule has 138 valence electrons. The van der Waals surface area contributed by atoms with Crippen molar-refractivity contribution in [3.8, 4) is 0 Å². The van der Waals surface area contributed by atoms with Gasteiger partial charge in [-0.2, -0.15) is 0 Å². The Hall–Kier alpha value is -2.08. The van der Waals surface area contributed by atoms with Crippen LogP contribution in [0.5, 0.6) is 0 Å². The van der Waals surface area contributed by atoms with Gasteiger partial charge in [-0.05, 0) is 11.5 Å². The molecule has 1 fully saturated rings. The number of rotatable bonds is 7. The Morgan fingerprint density at radius 2 is 1.72 bits per heavy atom. The second kappa shape index (κ2) is 10.0. The summed E-state index contributed by atoms with van der Waals surface area (Å²) in [6, 6.07) is 9.65. The van der Waals surface area contributed by atoms with Crippen LogP contribution in [0.25, 0.3) is 0 Å². The van der Waals surface area contributed by atoms with Crippen molar-refractivity contribution in [1.29, 1.82) is 0 Å². The van der Waals surface area contributed by atoms with Crippen molar-refractivity contribution >= 4 is 12.1 Å². The fraction of sp³-hybridized carbons (Fsp3) is 0.579. The molecule has 0 radical (unpaired) electrons. The van der Waals surface area contributed by atoms with E-state index in [1.54, 1.807) is 4.90 Å². The number of hydrogen-bond donors (Lipinski definition) is 0. The molecule has 0 spiro atoms. The molecule has 2 rings (SSSR count). The first-order valence-corrected chi connectivity index (χ1v) is 8.88. The Balaban J connectivity index is 1.62. The van der Waals surface area contributed by atoms with Crippen molar-refractivity contribution in [3.05, 3.63) is 35.9 Å². The molecule has 1 aliphatic heterocycles. The highest BCUT2D eigenvalue weighted by Crippen LogP contribution is 2.08. The maximum Gasteiger partial charge on any atom is 0.410 e. The number of amides is 1. The van der Waals surface area contributed by atoms with E-state index in [0.29, 0.717) is 45.2 Å². The first-order chi connectivity index (χ1) is 12.0. The minimum Gasteiger partial charge on any atom is -0.465 e. The largest absolute Gasteiger partial charge is 0.465 e. The molecule has 1 amide bonds. The SMILES string of the molecule is CC(C)COC(=O)CCN1CCN(C(=O)OCc2ccccc2)CC1. The quantitative estimate of drug-likeness (QED) is 0.709. The van der Waals surface area contributed by atoms with Crippen LogP contribution in [0, 0.1) is 5.92 Å². The van der Waals surface area contributed by atoms with Gasteiger partial charge in [0.1, 0.15) is 6.61 Å². The number of nitrogens with zero attached hydrogens (tertiary/aromatic N) is 2. The molecule has 0 aliphatic carbocycles. The molecule has 0 bridgehead atoms. The minimum absolute atomic E-state index is 0.154. The Bertz CT molecular complexity index is 540. The molecule has 6 nitrogen and oxygen atoms in total. The Labute approximate surface area is 149 Å². The third kappa shape index (κ3) is 7.13. The van der Waals surface area contributed by atoms with Crippen LogP contribution in [0.2, 0.25) is 0 Å². The summed E-state index contributed by atoms with van der Waals surface area (Å²) in [5, 5.41) is 0. The predicted molar refractivity (Wildman–Crippen MR) is 95.1 cm³/mol. The van der Waals surface area contributed by atoms with Crippen LogP contribution in [0.3, 0.4) is 0 Å². The third-order valence-electron chi connectivity index (χ3n) is 4.05. The maximum atomic E-state index is 12.1. The van der Waals surface area contributed by atoms with Crippen molar-refractivity contribution in [2.75, 3.05) is 39.3 Å². The predicted octanol–water partition coefficient (Wildman–Crippen LogP) is 2.53. The molecule has 1 heterocycles. The number of benzene rings is 1. The zero-order valence-electron chi connectivity index (χ0n) is 15.1. The number of carbonyl (C=O) groups is 2. The second-order valence-corrected chi connectivity index (χ2v) is 6.70. The van der Waals surface area contributed by atoms with Crippen LogP contribution >= 0.6 is 0 Å². The summed E-state index contributed by atoms with van der Waals surface area (Å²) in [7, 11) is 0. The molecule has 1 aromatic rings. The topological polar surface area (TPSA) is 59.1 Å². The van der Waals surface area contributed by atoms with Gasteiger partial charge in [0.15, 0.2) is 0 Å². The molecule has 0 unspecified atom stereocenters. The van der Waals surface area contributed by atoms with Gasteiger partial charge >= 0.3 is 12.1 Å². The lowest BCUT2D eigenvalue weighted by atomic mass is 10.2. The summed E-state index contributed by atoms with van der Waals surface area (Å²) in [4.78, 5) is 27.7. The smallest absolute Gasteiger partial charge is 0.410 e. The molecular formula is C19H28N2O4. The first kappa shape index (κ1) is 19.2. The monoisotopic (exact) mass is 348 g/mol. The third-order valence-corrected chi connectivity index (χ3v) is 4.05. The molecule has 1 aliphatic rings. The molecule has 0 N–H and O–H groups in total. The lowest BCUT2D eigenvalue weighted by molar-refractivity contribution is -0.145. The van der Waals surface area contributed by atoms with Crippen molar-refractivity contribution in [2.24, 2.45) is 5.92 Å². The van der Waals surface area contributed by atoms with Crippen molar-refractivity contribution < 1.29 is 19.1 Å². The van der Waals surface area contributed by atoms with Gasteiger partial charge < -0.3 is 14.4 Å². The van der Waals surface area contributed by atoms with Crippen LogP contribution in [0.4, 0.5) is 4.79 Å². The van der Waals surface area contributed by atoms with Gasteiger partial charge in [0, 0.05) is 32.7 Å². The van der Waals surface area contributed by atoms with Gasteiger partial charge in [0.25, 0.3) is 0 Å². The summed E-state index contributed by atoms with van der Waals surface area (Å²) in [5.74, 6) is 0.202. The Morgan fingerprint density at radius 1 is 1.04 bits per heavy atom. The fourth-order valence-electron chi connectivity index (χ4n) is 2.55. The summed E-state index contributed by atoms with van der Waals surface area (Å²) in [6.07, 6.45) is 0.116. The summed E-state index contributed by atoms with van der Waals surface area (Å²) in [6.45, 7) is 8.21. The average Bonchev–Trinajstić information content (AvgIpc) is 2.64. The Morgan fingerprint density at radius 3 is 2.36 bits per heavy atom. The lowest BCUT2D eigenvalue weighted by Gasteiger charge is -2.33. The molecule has 6 heteroatoms. The van der Waals surface area contributed by atoms with E-state index in [-0.39, 0.29) is 12.1 Å². The van der Waals surface area contributed by atoms with E-state index >= 15 is 0 Å². The number of piperazine rings is 1. The number of carbonyl (C=O) groups excluding carboxylic acids is 2. The molecule has 1 saturated heterocycles. The number of esters is 1. The zero-order valence-corrected chi connectivity index (χ0v) is 15.1. The van der Waals surface area contributed by atoms with Crippen LogP contribution in [-0.2, 0) is 20.9 Å². The van der Waals surface area contributed by atoms with E-state index in [0.717, 1.165) is 18.7 Å². The molecular weight excluding hydrogens is 320 g/mol. The van der Waals surface area contributed by atoms with Crippen LogP contribution in [-0.4, -0.2) is 61.2 Å². The molecule has 0 saturated carbocycles. The van der Waals surface area contributed by atoms with Gasteiger partial charge in [-0.3, -0.25) is 9.69 Å². The molecule has 0 atom stereocenters. The van der Waals surface area contributed by atoms with E-state index in [4.69, 9.17) is 9.47 Å².